The highest BCUT2D eigenvalue weighted by Gasteiger charge is 2.23. The van der Waals surface area contributed by atoms with E-state index >= 15 is 0 Å². The van der Waals surface area contributed by atoms with Gasteiger partial charge in [0, 0.05) is 57.3 Å². The Bertz CT molecular complexity index is 4830. The Morgan fingerprint density at radius 2 is 0.680 bits per heavy atom. The first-order valence-electron chi connectivity index (χ1n) is 34.3. The molecule has 0 N–H and O–H groups in total. The molecule has 0 bridgehead atoms. The van der Waals surface area contributed by atoms with E-state index < -0.39 is 9.52 Å². The first kappa shape index (κ1) is 66.8. The van der Waals surface area contributed by atoms with E-state index in [0.29, 0.717) is 5.75 Å². The molecule has 14 aromatic rings. The molecule has 4 heterocycles. The fraction of sp³-hybridized carbons (Fsp3) is 0.0842. The molecule has 0 spiro atoms. The first-order chi connectivity index (χ1) is 49.2. The van der Waals surface area contributed by atoms with Gasteiger partial charge in [0.15, 0.2) is 0 Å². The molecule has 1 unspecified atom stereocenters. The summed E-state index contributed by atoms with van der Waals surface area (Å²) >= 11 is 0. The average Bonchev–Trinajstić information content (AvgIpc) is 0.768. The Labute approximate surface area is 591 Å². The Morgan fingerprint density at radius 3 is 1.16 bits per heavy atom. The third kappa shape index (κ3) is 16.6. The monoisotopic (exact) mass is 1310 g/mol. The van der Waals surface area contributed by atoms with Gasteiger partial charge in [-0.15, -0.1) is 0 Å². The summed E-state index contributed by atoms with van der Waals surface area (Å²) in [6.07, 6.45) is 12.7. The number of ether oxygens (including phenoxy) is 1. The molecule has 1 atom stereocenters. The van der Waals surface area contributed by atoms with Gasteiger partial charge in [-0.25, -0.2) is 0 Å². The number of hydrogen-bond donors (Lipinski definition) is 0. The second-order valence-corrected chi connectivity index (χ2v) is 27.7. The van der Waals surface area contributed by atoms with Crippen molar-refractivity contribution in [1.82, 2.24) is 9.97 Å². The van der Waals surface area contributed by atoms with E-state index in [1.165, 1.54) is 124 Å². The van der Waals surface area contributed by atoms with Crippen molar-refractivity contribution in [2.24, 2.45) is 0 Å². The minimum absolute atomic E-state index is 0.556. The zero-order valence-electron chi connectivity index (χ0n) is 56.4. The molecule has 2 aromatic heterocycles. The molecular formula is C95H80N2O2S. The second-order valence-electron chi connectivity index (χ2n) is 25.4. The van der Waals surface area contributed by atoms with Crippen LogP contribution in [0.3, 0.4) is 0 Å². The molecule has 0 amide bonds. The molecule has 3 aliphatic carbocycles. The number of aryl methyl sites for hydroxylation is 2. The summed E-state index contributed by atoms with van der Waals surface area (Å²) in [5.41, 5.74) is 30.0. The van der Waals surface area contributed by atoms with Crippen molar-refractivity contribution in [2.45, 2.75) is 55.6 Å². The molecule has 12 aromatic carbocycles. The molecule has 0 saturated heterocycles. The van der Waals surface area contributed by atoms with Crippen molar-refractivity contribution >= 4 is 26.5 Å². The van der Waals surface area contributed by atoms with E-state index in [-0.39, 0.29) is 0 Å². The highest BCUT2D eigenvalue weighted by atomic mass is 32.2. The summed E-state index contributed by atoms with van der Waals surface area (Å²) in [7, 11) is -2.16. The molecule has 5 aliphatic rings. The molecule has 2 aliphatic heterocycles. The number of pyridine rings is 2. The molecule has 4 nitrogen and oxygen atoms in total. The predicted octanol–water partition coefficient (Wildman–Crippen LogP) is 23.0. The average molecular weight is 1310 g/mol. The van der Waals surface area contributed by atoms with Crippen LogP contribution >= 0.6 is 0 Å². The highest BCUT2D eigenvalue weighted by molar-refractivity contribution is 7.99. The molecule has 0 saturated carbocycles. The SMILES string of the molecule is C=C1Cc2ccccc2-c2ccccc21.C=C1Cc2ccccc2-c2ccccc21.C=S1(=O)Cc2ccccc2-c2ccccc21.c1ccc(Cc2ccccn2)cc1.c1ccc(Cc2cccnc2)cc1.c1ccc2c(c1)CCc1ccccc1-2.c1ccc2c(c1)Cc1ccccc1O2. The lowest BCUT2D eigenvalue weighted by Gasteiger charge is -2.22. The van der Waals surface area contributed by atoms with Crippen LogP contribution in [0.25, 0.3) is 55.7 Å². The number of benzene rings is 12. The summed E-state index contributed by atoms with van der Waals surface area (Å²) in [6, 6.07) is 115. The summed E-state index contributed by atoms with van der Waals surface area (Å²) in [4.78, 5) is 9.25. The predicted molar refractivity (Wildman–Crippen MR) is 420 cm³/mol. The van der Waals surface area contributed by atoms with Crippen molar-refractivity contribution < 1.29 is 8.95 Å². The number of rotatable bonds is 4. The van der Waals surface area contributed by atoms with Crippen LogP contribution in [0, 0.1) is 0 Å². The van der Waals surface area contributed by atoms with Crippen molar-refractivity contribution in [3.8, 4) is 56.0 Å². The van der Waals surface area contributed by atoms with Gasteiger partial charge in [0.1, 0.15) is 11.5 Å². The van der Waals surface area contributed by atoms with Crippen molar-refractivity contribution in [3.05, 3.63) is 438 Å². The lowest BCUT2D eigenvalue weighted by atomic mass is 9.83. The van der Waals surface area contributed by atoms with Gasteiger partial charge >= 0.3 is 0 Å². The number of hydrogen-bond acceptors (Lipinski definition) is 4. The third-order valence-corrected chi connectivity index (χ3v) is 20.4. The minimum Gasteiger partial charge on any atom is -0.457 e. The van der Waals surface area contributed by atoms with Gasteiger partial charge in [-0.3, -0.25) is 14.2 Å². The van der Waals surface area contributed by atoms with Gasteiger partial charge in [-0.2, -0.15) is 0 Å². The van der Waals surface area contributed by atoms with Gasteiger partial charge in [-0.05, 0) is 197 Å². The van der Waals surface area contributed by atoms with Crippen LogP contribution in [-0.2, 0) is 60.2 Å². The van der Waals surface area contributed by atoms with Gasteiger partial charge in [0.25, 0.3) is 0 Å². The standard InChI is InChI=1S/2C15H12.C14H12OS.C14H12.C13H10O.2C12H11N/c2*1-11-10-12-6-2-3-8-14(12)15-9-5-4-7-13(11)15;1-16(15)10-11-6-2-3-7-12(11)13-8-4-5-9-14(13)16;1-3-7-13-11(5-1)9-10-12-6-2-4-8-14(12)13;1-3-7-12-10(5-1)9-11-6-2-4-8-13(11)14-12;1-2-6-11(7-3-1)10-12-8-4-5-9-13-12;1-2-5-11(6-3-1)9-12-7-4-8-13-10-12/h2*2-9H,1,10H2;2-9H,1,10H2;1-8H,9-10H2;1-8H,9H2;1-9H,10H2;1-8,10H,9H2. The lowest BCUT2D eigenvalue weighted by Crippen LogP contribution is -2.12. The zero-order valence-corrected chi connectivity index (χ0v) is 57.2. The molecule has 100 heavy (non-hydrogen) atoms. The molecule has 0 fully saturated rings. The van der Waals surface area contributed by atoms with E-state index in [1.54, 1.807) is 6.20 Å². The number of aromatic nitrogens is 2. The normalized spacial score (nSPS) is 13.7. The Kier molecular flexibility index (Phi) is 21.7. The number of fused-ring (bicyclic) bond motifs is 14. The van der Waals surface area contributed by atoms with Crippen LogP contribution in [0.15, 0.2) is 370 Å². The number of nitrogens with zero attached hydrogens (tertiary/aromatic N) is 2. The van der Waals surface area contributed by atoms with Crippen LogP contribution in [-0.4, -0.2) is 20.0 Å². The maximum absolute atomic E-state index is 12.5. The maximum atomic E-state index is 12.5. The summed E-state index contributed by atoms with van der Waals surface area (Å²) in [5, 5.41) is 0. The quantitative estimate of drug-likeness (QED) is 0.165. The third-order valence-electron chi connectivity index (χ3n) is 18.5. The minimum atomic E-state index is -2.16. The number of allylic oxidation sites excluding steroid dienone is 2. The number of para-hydroxylation sites is 2. The largest absolute Gasteiger partial charge is 0.457 e. The Balaban J connectivity index is 0.000000105. The summed E-state index contributed by atoms with van der Waals surface area (Å²) in [5.74, 6) is 6.44. The Morgan fingerprint density at radius 1 is 0.310 bits per heavy atom. The summed E-state index contributed by atoms with van der Waals surface area (Å²) in [6.45, 7) is 8.31. The van der Waals surface area contributed by atoms with E-state index in [1.807, 2.05) is 116 Å². The van der Waals surface area contributed by atoms with Crippen molar-refractivity contribution in [2.75, 3.05) is 0 Å². The Hall–Kier alpha value is -11.8. The van der Waals surface area contributed by atoms with Gasteiger partial charge in [0.2, 0.25) is 0 Å². The molecular weight excluding hydrogens is 1230 g/mol. The van der Waals surface area contributed by atoms with Gasteiger partial charge in [-0.1, -0.05) is 310 Å². The highest BCUT2D eigenvalue weighted by Crippen LogP contribution is 2.41. The van der Waals surface area contributed by atoms with E-state index in [4.69, 9.17) is 4.74 Å². The van der Waals surface area contributed by atoms with Gasteiger partial charge < -0.3 is 4.74 Å². The van der Waals surface area contributed by atoms with Crippen LogP contribution in [0.5, 0.6) is 11.5 Å². The van der Waals surface area contributed by atoms with Crippen LogP contribution < -0.4 is 4.74 Å². The van der Waals surface area contributed by atoms with E-state index in [0.717, 1.165) is 65.3 Å². The van der Waals surface area contributed by atoms with Crippen LogP contribution in [0.2, 0.25) is 0 Å². The van der Waals surface area contributed by atoms with E-state index in [9.17, 15) is 4.21 Å². The summed E-state index contributed by atoms with van der Waals surface area (Å²) < 4.78 is 18.3. The maximum Gasteiger partial charge on any atom is 0.130 e. The van der Waals surface area contributed by atoms with Crippen molar-refractivity contribution in [1.29, 1.82) is 0 Å². The second kappa shape index (κ2) is 32.5. The van der Waals surface area contributed by atoms with E-state index in [2.05, 4.69) is 260 Å². The smallest absolute Gasteiger partial charge is 0.130 e. The van der Waals surface area contributed by atoms with Gasteiger partial charge in [0.05, 0.1) is 0 Å². The van der Waals surface area contributed by atoms with Crippen LogP contribution in [0.4, 0.5) is 0 Å². The lowest BCUT2D eigenvalue weighted by molar-refractivity contribution is 0.460. The van der Waals surface area contributed by atoms with Crippen LogP contribution in [0.1, 0.15) is 72.5 Å². The topological polar surface area (TPSA) is 52.1 Å². The molecule has 5 heteroatoms. The fourth-order valence-electron chi connectivity index (χ4n) is 13.6. The zero-order chi connectivity index (χ0) is 68.3. The fourth-order valence-corrected chi connectivity index (χ4v) is 15.4. The molecule has 488 valence electrons. The first-order valence-corrected chi connectivity index (χ1v) is 36.2. The van der Waals surface area contributed by atoms with Crippen molar-refractivity contribution in [3.63, 3.8) is 0 Å². The molecule has 19 rings (SSSR count). The molecule has 0 radical (unpaired) electrons.